The Morgan fingerprint density at radius 2 is 1.26 bits per heavy atom. The van der Waals surface area contributed by atoms with Crippen molar-refractivity contribution in [1.29, 1.82) is 0 Å². The lowest BCUT2D eigenvalue weighted by Crippen LogP contribution is -2.52. The molecule has 0 unspecified atom stereocenters. The molecule has 3 rings (SSSR count). The molecule has 0 aromatic rings. The molecule has 0 atom stereocenters. The predicted octanol–water partition coefficient (Wildman–Crippen LogP) is 0.163. The quantitative estimate of drug-likeness (QED) is 0.668. The molecule has 0 N–H and O–H groups in total. The van der Waals surface area contributed by atoms with E-state index in [1.54, 1.807) is 0 Å². The molecule has 0 spiro atoms. The summed E-state index contributed by atoms with van der Waals surface area (Å²) in [6.07, 6.45) is 3.69. The average Bonchev–Trinajstić information content (AvgIpc) is 3.05. The van der Waals surface area contributed by atoms with Crippen molar-refractivity contribution in [1.82, 2.24) is 14.7 Å². The van der Waals surface area contributed by atoms with Crippen molar-refractivity contribution >= 4 is 11.8 Å². The number of carbonyl (C=O) groups is 2. The van der Waals surface area contributed by atoms with Crippen molar-refractivity contribution in [3.63, 3.8) is 0 Å². The van der Waals surface area contributed by atoms with E-state index in [1.807, 2.05) is 9.80 Å². The van der Waals surface area contributed by atoms with E-state index < -0.39 is 5.41 Å². The molecule has 0 bridgehead atoms. The van der Waals surface area contributed by atoms with Gasteiger partial charge in [-0.25, -0.2) is 0 Å². The molecule has 1 aliphatic carbocycles. The van der Waals surface area contributed by atoms with Crippen molar-refractivity contribution in [2.45, 2.75) is 25.7 Å². The van der Waals surface area contributed by atoms with Crippen molar-refractivity contribution in [3.05, 3.63) is 0 Å². The van der Waals surface area contributed by atoms with Crippen LogP contribution in [0.2, 0.25) is 0 Å². The van der Waals surface area contributed by atoms with Crippen molar-refractivity contribution in [2.75, 3.05) is 46.3 Å². The fraction of sp³-hybridized carbons (Fsp3) is 0.857. The molecule has 1 saturated carbocycles. The highest BCUT2D eigenvalue weighted by atomic mass is 16.2. The van der Waals surface area contributed by atoms with Gasteiger partial charge in [0, 0.05) is 39.3 Å². The largest absolute Gasteiger partial charge is 0.342 e. The predicted molar refractivity (Wildman–Crippen MR) is 71.6 cm³/mol. The zero-order chi connectivity index (χ0) is 13.5. The summed E-state index contributed by atoms with van der Waals surface area (Å²) < 4.78 is 0. The lowest BCUT2D eigenvalue weighted by atomic mass is 10.0. The highest BCUT2D eigenvalue weighted by molar-refractivity contribution is 6.07. The summed E-state index contributed by atoms with van der Waals surface area (Å²) in [6.45, 7) is 5.06. The van der Waals surface area contributed by atoms with E-state index in [4.69, 9.17) is 0 Å². The molecule has 106 valence electrons. The van der Waals surface area contributed by atoms with Gasteiger partial charge in [0.1, 0.15) is 5.41 Å². The number of amides is 2. The van der Waals surface area contributed by atoms with Crippen LogP contribution in [0.15, 0.2) is 0 Å². The molecule has 3 aliphatic rings. The molecule has 0 aromatic heterocycles. The van der Waals surface area contributed by atoms with Crippen molar-refractivity contribution < 1.29 is 9.59 Å². The minimum atomic E-state index is -0.666. The van der Waals surface area contributed by atoms with Crippen LogP contribution in [0, 0.1) is 5.41 Å². The summed E-state index contributed by atoms with van der Waals surface area (Å²) in [5, 5.41) is 0. The van der Waals surface area contributed by atoms with Crippen LogP contribution < -0.4 is 0 Å². The minimum absolute atomic E-state index is 0.0949. The smallest absolute Gasteiger partial charge is 0.238 e. The molecule has 0 aromatic carbocycles. The van der Waals surface area contributed by atoms with Gasteiger partial charge >= 0.3 is 0 Å². The first-order valence-corrected chi connectivity index (χ1v) is 7.41. The second-order valence-corrected chi connectivity index (χ2v) is 6.18. The maximum Gasteiger partial charge on any atom is 0.238 e. The summed E-state index contributed by atoms with van der Waals surface area (Å²) in [5.74, 6) is 0.200. The third-order valence-corrected chi connectivity index (χ3v) is 4.75. The van der Waals surface area contributed by atoms with Gasteiger partial charge in [-0.2, -0.15) is 0 Å². The number of likely N-dealkylation sites (N-methyl/N-ethyl adjacent to an activating group) is 1. The molecule has 2 heterocycles. The van der Waals surface area contributed by atoms with Crippen LogP contribution in [0.25, 0.3) is 0 Å². The fourth-order valence-corrected chi connectivity index (χ4v) is 3.18. The second kappa shape index (κ2) is 4.78. The maximum atomic E-state index is 12.6. The summed E-state index contributed by atoms with van der Waals surface area (Å²) in [4.78, 5) is 31.2. The number of nitrogens with zero attached hydrogens (tertiary/aromatic N) is 3. The van der Waals surface area contributed by atoms with Gasteiger partial charge in [-0.05, 0) is 32.7 Å². The Labute approximate surface area is 114 Å². The Morgan fingerprint density at radius 3 is 1.74 bits per heavy atom. The van der Waals surface area contributed by atoms with Crippen LogP contribution in [-0.2, 0) is 9.59 Å². The number of piperazine rings is 1. The van der Waals surface area contributed by atoms with Gasteiger partial charge in [-0.1, -0.05) is 0 Å². The number of carbonyl (C=O) groups excluding carboxylic acids is 2. The van der Waals surface area contributed by atoms with E-state index >= 15 is 0 Å². The SMILES string of the molecule is CN1CCN(C(=O)C2(C(=O)N3CCCC3)CC2)CC1. The minimum Gasteiger partial charge on any atom is -0.342 e. The van der Waals surface area contributed by atoms with Crippen molar-refractivity contribution in [3.8, 4) is 0 Å². The lowest BCUT2D eigenvalue weighted by molar-refractivity contribution is -0.149. The number of hydrogen-bond acceptors (Lipinski definition) is 3. The molecule has 19 heavy (non-hydrogen) atoms. The Hall–Kier alpha value is -1.10. The first kappa shape index (κ1) is 12.9. The van der Waals surface area contributed by atoms with E-state index in [-0.39, 0.29) is 11.8 Å². The first-order valence-electron chi connectivity index (χ1n) is 7.41. The van der Waals surface area contributed by atoms with Crippen LogP contribution >= 0.6 is 0 Å². The molecule has 3 fully saturated rings. The number of likely N-dealkylation sites (tertiary alicyclic amines) is 1. The molecule has 0 radical (unpaired) electrons. The Bertz CT molecular complexity index is 378. The Morgan fingerprint density at radius 1 is 0.789 bits per heavy atom. The van der Waals surface area contributed by atoms with E-state index in [1.165, 1.54) is 0 Å². The molecule has 5 heteroatoms. The highest BCUT2D eigenvalue weighted by Crippen LogP contribution is 2.49. The summed E-state index contributed by atoms with van der Waals surface area (Å²) in [6, 6.07) is 0. The van der Waals surface area contributed by atoms with Crippen LogP contribution in [0.5, 0.6) is 0 Å². The molecule has 2 saturated heterocycles. The third kappa shape index (κ3) is 2.24. The highest BCUT2D eigenvalue weighted by Gasteiger charge is 2.59. The normalized spacial score (nSPS) is 26.6. The molecule has 5 nitrogen and oxygen atoms in total. The summed E-state index contributed by atoms with van der Waals surface area (Å²) >= 11 is 0. The maximum absolute atomic E-state index is 12.6. The fourth-order valence-electron chi connectivity index (χ4n) is 3.18. The van der Waals surface area contributed by atoms with Gasteiger partial charge in [0.2, 0.25) is 11.8 Å². The second-order valence-electron chi connectivity index (χ2n) is 6.18. The van der Waals surface area contributed by atoms with E-state index in [9.17, 15) is 9.59 Å². The van der Waals surface area contributed by atoms with Gasteiger partial charge in [0.05, 0.1) is 0 Å². The van der Waals surface area contributed by atoms with E-state index in [2.05, 4.69) is 11.9 Å². The molecule has 2 aliphatic heterocycles. The van der Waals surface area contributed by atoms with Crippen LogP contribution in [0.4, 0.5) is 0 Å². The zero-order valence-corrected chi connectivity index (χ0v) is 11.7. The Balaban J connectivity index is 1.66. The van der Waals surface area contributed by atoms with Gasteiger partial charge in [0.15, 0.2) is 0 Å². The number of rotatable bonds is 2. The van der Waals surface area contributed by atoms with Crippen LogP contribution in [0.1, 0.15) is 25.7 Å². The van der Waals surface area contributed by atoms with Crippen LogP contribution in [0.3, 0.4) is 0 Å². The zero-order valence-electron chi connectivity index (χ0n) is 11.7. The van der Waals surface area contributed by atoms with E-state index in [0.717, 1.165) is 65.0 Å². The number of hydrogen-bond donors (Lipinski definition) is 0. The lowest BCUT2D eigenvalue weighted by Gasteiger charge is -2.35. The van der Waals surface area contributed by atoms with Crippen molar-refractivity contribution in [2.24, 2.45) is 5.41 Å². The monoisotopic (exact) mass is 265 g/mol. The van der Waals surface area contributed by atoms with E-state index in [0.29, 0.717) is 0 Å². The van der Waals surface area contributed by atoms with Gasteiger partial charge < -0.3 is 14.7 Å². The molecule has 2 amide bonds. The average molecular weight is 265 g/mol. The van der Waals surface area contributed by atoms with Gasteiger partial charge in [0.25, 0.3) is 0 Å². The molecular weight excluding hydrogens is 242 g/mol. The summed E-state index contributed by atoms with van der Waals surface area (Å²) in [5.41, 5.74) is -0.666. The Kier molecular flexibility index (Phi) is 3.25. The first-order chi connectivity index (χ1) is 9.13. The van der Waals surface area contributed by atoms with Gasteiger partial charge in [-0.3, -0.25) is 9.59 Å². The summed E-state index contributed by atoms with van der Waals surface area (Å²) in [7, 11) is 2.07. The van der Waals surface area contributed by atoms with Gasteiger partial charge in [-0.15, -0.1) is 0 Å². The topological polar surface area (TPSA) is 43.9 Å². The standard InChI is InChI=1S/C14H23N3O2/c1-15-8-10-17(11-9-15)13(19)14(4-5-14)12(18)16-6-2-3-7-16/h2-11H2,1H3. The third-order valence-electron chi connectivity index (χ3n) is 4.75. The van der Waals surface area contributed by atoms with Crippen LogP contribution in [-0.4, -0.2) is 72.8 Å². The molecular formula is C14H23N3O2.